The summed E-state index contributed by atoms with van der Waals surface area (Å²) in [4.78, 5) is 14.5. The van der Waals surface area contributed by atoms with Crippen molar-refractivity contribution in [3.8, 4) is 0 Å². The van der Waals surface area contributed by atoms with Crippen molar-refractivity contribution >= 4 is 21.8 Å². The number of hydrogen-bond acceptors (Lipinski definition) is 2. The zero-order valence-electron chi connectivity index (χ0n) is 12.4. The number of hydrogen-bond donors (Lipinski definition) is 1. The fourth-order valence-electron chi connectivity index (χ4n) is 2.91. The monoisotopic (exact) mass is 338 g/mol. The van der Waals surface area contributed by atoms with Crippen molar-refractivity contribution in [1.82, 2.24) is 10.2 Å². The summed E-state index contributed by atoms with van der Waals surface area (Å²) in [5.41, 5.74) is 1.21. The van der Waals surface area contributed by atoms with Crippen LogP contribution in [0.25, 0.3) is 0 Å². The molecule has 1 heterocycles. The number of benzene rings is 1. The molecule has 1 N–H and O–H groups in total. The molecule has 0 radical (unpaired) electrons. The van der Waals surface area contributed by atoms with Crippen LogP contribution in [0.2, 0.25) is 0 Å². The third kappa shape index (κ3) is 3.83. The number of rotatable bonds is 3. The Morgan fingerprint density at radius 1 is 1.35 bits per heavy atom. The number of carbonyl (C=O) groups is 1. The van der Waals surface area contributed by atoms with Crippen molar-refractivity contribution in [1.29, 1.82) is 0 Å². The SMILES string of the molecule is CC1CN(C(=O)CC(C)c2ccccc2Br)CC(C)N1. The average molecular weight is 339 g/mol. The van der Waals surface area contributed by atoms with E-state index in [1.165, 1.54) is 5.56 Å². The van der Waals surface area contributed by atoms with E-state index in [1.54, 1.807) is 0 Å². The molecule has 0 spiro atoms. The van der Waals surface area contributed by atoms with Gasteiger partial charge in [-0.25, -0.2) is 0 Å². The van der Waals surface area contributed by atoms with Gasteiger partial charge in [-0.15, -0.1) is 0 Å². The first-order valence-corrected chi connectivity index (χ1v) is 8.05. The molecule has 0 aliphatic carbocycles. The van der Waals surface area contributed by atoms with Gasteiger partial charge in [0.25, 0.3) is 0 Å². The van der Waals surface area contributed by atoms with E-state index >= 15 is 0 Å². The summed E-state index contributed by atoms with van der Waals surface area (Å²) in [6.45, 7) is 8.01. The van der Waals surface area contributed by atoms with Crippen LogP contribution < -0.4 is 5.32 Å². The van der Waals surface area contributed by atoms with Gasteiger partial charge in [-0.3, -0.25) is 4.79 Å². The molecule has 3 nitrogen and oxygen atoms in total. The Balaban J connectivity index is 1.99. The van der Waals surface area contributed by atoms with E-state index in [9.17, 15) is 4.79 Å². The van der Waals surface area contributed by atoms with Crippen LogP contribution in [0.4, 0.5) is 0 Å². The molecule has 0 aromatic heterocycles. The highest BCUT2D eigenvalue weighted by atomic mass is 79.9. The Hall–Kier alpha value is -0.870. The number of halogens is 1. The van der Waals surface area contributed by atoms with Crippen molar-refractivity contribution in [3.05, 3.63) is 34.3 Å². The van der Waals surface area contributed by atoms with Crippen LogP contribution in [0.5, 0.6) is 0 Å². The molecule has 110 valence electrons. The maximum Gasteiger partial charge on any atom is 0.223 e. The maximum absolute atomic E-state index is 12.5. The first-order valence-electron chi connectivity index (χ1n) is 7.25. The van der Waals surface area contributed by atoms with Gasteiger partial charge in [0.05, 0.1) is 0 Å². The second-order valence-corrected chi connectivity index (χ2v) is 6.75. The molecule has 20 heavy (non-hydrogen) atoms. The molecule has 3 unspecified atom stereocenters. The maximum atomic E-state index is 12.5. The third-order valence-electron chi connectivity index (χ3n) is 3.83. The molecular formula is C16H23BrN2O. The van der Waals surface area contributed by atoms with Crippen LogP contribution in [0.15, 0.2) is 28.7 Å². The van der Waals surface area contributed by atoms with Crippen molar-refractivity contribution in [2.45, 2.75) is 45.2 Å². The smallest absolute Gasteiger partial charge is 0.223 e. The molecule has 1 aliphatic heterocycles. The van der Waals surface area contributed by atoms with Crippen molar-refractivity contribution < 1.29 is 4.79 Å². The third-order valence-corrected chi connectivity index (χ3v) is 4.55. The molecule has 2 rings (SSSR count). The minimum atomic E-state index is 0.235. The molecule has 3 atom stereocenters. The lowest BCUT2D eigenvalue weighted by atomic mass is 9.97. The lowest BCUT2D eigenvalue weighted by Gasteiger charge is -2.36. The van der Waals surface area contributed by atoms with Crippen LogP contribution in [0.3, 0.4) is 0 Å². The predicted molar refractivity (Wildman–Crippen MR) is 85.8 cm³/mol. The summed E-state index contributed by atoms with van der Waals surface area (Å²) in [5, 5.41) is 3.46. The minimum Gasteiger partial charge on any atom is -0.340 e. The number of piperazine rings is 1. The Bertz CT molecular complexity index is 467. The van der Waals surface area contributed by atoms with E-state index in [0.717, 1.165) is 17.6 Å². The molecule has 0 bridgehead atoms. The standard InChI is InChI=1S/C16H23BrN2O/c1-11(14-6-4-5-7-15(14)17)8-16(20)19-9-12(2)18-13(3)10-19/h4-7,11-13,18H,8-10H2,1-3H3. The fraction of sp³-hybridized carbons (Fsp3) is 0.562. The van der Waals surface area contributed by atoms with Crippen molar-refractivity contribution in [2.24, 2.45) is 0 Å². The molecule has 1 fully saturated rings. The zero-order chi connectivity index (χ0) is 14.7. The molecule has 1 saturated heterocycles. The molecule has 0 saturated carbocycles. The van der Waals surface area contributed by atoms with Crippen LogP contribution in [-0.4, -0.2) is 36.0 Å². The summed E-state index contributed by atoms with van der Waals surface area (Å²) >= 11 is 3.57. The molecule has 1 amide bonds. The summed E-state index contributed by atoms with van der Waals surface area (Å²) in [6.07, 6.45) is 0.571. The van der Waals surface area contributed by atoms with Crippen LogP contribution >= 0.6 is 15.9 Å². The lowest BCUT2D eigenvalue weighted by molar-refractivity contribution is -0.133. The topological polar surface area (TPSA) is 32.3 Å². The van der Waals surface area contributed by atoms with Gasteiger partial charge in [-0.2, -0.15) is 0 Å². The van der Waals surface area contributed by atoms with Gasteiger partial charge in [0.2, 0.25) is 5.91 Å². The fourth-order valence-corrected chi connectivity index (χ4v) is 3.58. The van der Waals surface area contributed by atoms with Gasteiger partial charge < -0.3 is 10.2 Å². The molecule has 1 aliphatic rings. The van der Waals surface area contributed by atoms with Crippen molar-refractivity contribution in [3.63, 3.8) is 0 Å². The second kappa shape index (κ2) is 6.72. The number of nitrogens with one attached hydrogen (secondary N) is 1. The lowest BCUT2D eigenvalue weighted by Crippen LogP contribution is -2.55. The summed E-state index contributed by atoms with van der Waals surface area (Å²) in [5.74, 6) is 0.493. The zero-order valence-corrected chi connectivity index (χ0v) is 14.0. The number of carbonyl (C=O) groups excluding carboxylic acids is 1. The highest BCUT2D eigenvalue weighted by Crippen LogP contribution is 2.27. The largest absolute Gasteiger partial charge is 0.340 e. The van der Waals surface area contributed by atoms with Crippen LogP contribution in [-0.2, 0) is 4.79 Å². The average Bonchev–Trinajstić information content (AvgIpc) is 2.37. The van der Waals surface area contributed by atoms with E-state index in [-0.39, 0.29) is 11.8 Å². The van der Waals surface area contributed by atoms with Crippen molar-refractivity contribution in [2.75, 3.05) is 13.1 Å². The number of nitrogens with zero attached hydrogens (tertiary/aromatic N) is 1. The van der Waals surface area contributed by atoms with Gasteiger partial charge >= 0.3 is 0 Å². The van der Waals surface area contributed by atoms with E-state index in [0.29, 0.717) is 18.5 Å². The first-order chi connectivity index (χ1) is 9.47. The van der Waals surface area contributed by atoms with Crippen LogP contribution in [0.1, 0.15) is 38.7 Å². The molecule has 1 aromatic rings. The molecular weight excluding hydrogens is 316 g/mol. The van der Waals surface area contributed by atoms with E-state index in [2.05, 4.69) is 48.1 Å². The van der Waals surface area contributed by atoms with E-state index < -0.39 is 0 Å². The van der Waals surface area contributed by atoms with E-state index in [1.807, 2.05) is 23.1 Å². The highest BCUT2D eigenvalue weighted by molar-refractivity contribution is 9.10. The van der Waals surface area contributed by atoms with Gasteiger partial charge in [-0.05, 0) is 31.4 Å². The predicted octanol–water partition coefficient (Wildman–Crippen LogP) is 3.15. The Labute approximate surface area is 129 Å². The van der Waals surface area contributed by atoms with Gasteiger partial charge in [0.1, 0.15) is 0 Å². The van der Waals surface area contributed by atoms with E-state index in [4.69, 9.17) is 0 Å². The van der Waals surface area contributed by atoms with Crippen LogP contribution in [0, 0.1) is 0 Å². The molecule has 1 aromatic carbocycles. The first kappa shape index (κ1) is 15.5. The normalized spacial score (nSPS) is 24.5. The quantitative estimate of drug-likeness (QED) is 0.918. The Morgan fingerprint density at radius 2 is 1.95 bits per heavy atom. The highest BCUT2D eigenvalue weighted by Gasteiger charge is 2.26. The Kier molecular flexibility index (Phi) is 5.22. The molecule has 4 heteroatoms. The minimum absolute atomic E-state index is 0.235. The van der Waals surface area contributed by atoms with Gasteiger partial charge in [-0.1, -0.05) is 41.1 Å². The summed E-state index contributed by atoms with van der Waals surface area (Å²) in [7, 11) is 0. The second-order valence-electron chi connectivity index (χ2n) is 5.89. The van der Waals surface area contributed by atoms with Gasteiger partial charge in [0.15, 0.2) is 0 Å². The number of amides is 1. The van der Waals surface area contributed by atoms with Gasteiger partial charge in [0, 0.05) is 36.1 Å². The summed E-state index contributed by atoms with van der Waals surface area (Å²) < 4.78 is 1.09. The summed E-state index contributed by atoms with van der Waals surface area (Å²) in [6, 6.07) is 8.90. The Morgan fingerprint density at radius 3 is 2.55 bits per heavy atom.